The van der Waals surface area contributed by atoms with E-state index in [9.17, 15) is 10.1 Å². The van der Waals surface area contributed by atoms with Gasteiger partial charge in [-0.15, -0.1) is 0 Å². The molecule has 2 atom stereocenters. The fourth-order valence-corrected chi connectivity index (χ4v) is 3.12. The molecule has 0 aliphatic heterocycles. The first-order valence-electron chi connectivity index (χ1n) is 8.66. The van der Waals surface area contributed by atoms with E-state index in [0.717, 1.165) is 0 Å². The molecule has 0 aromatic rings. The van der Waals surface area contributed by atoms with Crippen LogP contribution >= 0.6 is 0 Å². The molecule has 0 bridgehead atoms. The van der Waals surface area contributed by atoms with Crippen molar-refractivity contribution in [1.82, 2.24) is 5.32 Å². The van der Waals surface area contributed by atoms with Crippen LogP contribution in [0, 0.1) is 17.2 Å². The summed E-state index contributed by atoms with van der Waals surface area (Å²) in [5.74, 6) is 0.323. The highest BCUT2D eigenvalue weighted by Crippen LogP contribution is 2.37. The van der Waals surface area contributed by atoms with Crippen LogP contribution in [0.15, 0.2) is 0 Å². The van der Waals surface area contributed by atoms with Crippen molar-refractivity contribution in [2.24, 2.45) is 5.92 Å². The van der Waals surface area contributed by atoms with Crippen molar-refractivity contribution >= 4 is 14.4 Å². The third-order valence-electron chi connectivity index (χ3n) is 4.15. The third-order valence-corrected chi connectivity index (χ3v) is 8.60. The number of alkyl carbamates (subject to hydrolysis) is 1. The van der Waals surface area contributed by atoms with Gasteiger partial charge in [0.2, 0.25) is 0 Å². The fourth-order valence-electron chi connectivity index (χ4n) is 1.92. The van der Waals surface area contributed by atoms with E-state index in [1.807, 2.05) is 20.8 Å². The molecule has 0 aromatic carbocycles. The van der Waals surface area contributed by atoms with Crippen LogP contribution < -0.4 is 5.32 Å². The lowest BCUT2D eigenvalue weighted by molar-refractivity contribution is 0.0452. The molecule has 0 aliphatic carbocycles. The molecule has 0 heterocycles. The van der Waals surface area contributed by atoms with Crippen molar-refractivity contribution in [2.45, 2.75) is 97.7 Å². The Hall–Kier alpha value is -1.06. The highest BCUT2D eigenvalue weighted by molar-refractivity contribution is 6.74. The minimum atomic E-state index is -2.12. The number of amides is 1. The van der Waals surface area contributed by atoms with E-state index in [4.69, 9.17) is 9.16 Å². The van der Waals surface area contributed by atoms with Crippen molar-refractivity contribution < 1.29 is 14.0 Å². The Bertz CT molecular complexity index is 456. The van der Waals surface area contributed by atoms with Crippen molar-refractivity contribution in [1.29, 1.82) is 5.26 Å². The summed E-state index contributed by atoms with van der Waals surface area (Å²) in [5.41, 5.74) is -0.575. The Kier molecular flexibility index (Phi) is 7.98. The van der Waals surface area contributed by atoms with E-state index in [1.165, 1.54) is 0 Å². The van der Waals surface area contributed by atoms with Crippen LogP contribution in [0.1, 0.15) is 61.8 Å². The molecule has 5 nitrogen and oxygen atoms in total. The van der Waals surface area contributed by atoms with Crippen molar-refractivity contribution in [3.8, 4) is 6.07 Å². The molecule has 1 amide bonds. The van der Waals surface area contributed by atoms with Gasteiger partial charge in [0.15, 0.2) is 14.4 Å². The van der Waals surface area contributed by atoms with Gasteiger partial charge in [0, 0.05) is 0 Å². The molecule has 0 spiro atoms. The zero-order chi connectivity index (χ0) is 19.3. The Balaban J connectivity index is 5.26. The van der Waals surface area contributed by atoms with Gasteiger partial charge >= 0.3 is 6.09 Å². The average molecular weight is 357 g/mol. The molecular weight excluding hydrogens is 320 g/mol. The standard InChI is InChI=1S/C18H36N2O3Si/c1-13(2)11-14(20-16(21)22-17(3,4)5)15(12-19)23-24(9,10)18(6,7)8/h13-15H,11H2,1-10H3,(H,20,21)/t14-,15?/m0/s1. The van der Waals surface area contributed by atoms with Gasteiger partial charge in [0.05, 0.1) is 12.1 Å². The summed E-state index contributed by atoms with van der Waals surface area (Å²) in [6.07, 6.45) is -0.528. The molecule has 0 radical (unpaired) electrons. The van der Waals surface area contributed by atoms with Gasteiger partial charge in [-0.3, -0.25) is 0 Å². The highest BCUT2D eigenvalue weighted by atomic mass is 28.4. The number of ether oxygens (including phenoxy) is 1. The SMILES string of the molecule is CC(C)C[C@H](NC(=O)OC(C)(C)C)C(C#N)O[Si](C)(C)C(C)(C)C. The smallest absolute Gasteiger partial charge is 0.407 e. The molecule has 0 saturated heterocycles. The molecule has 24 heavy (non-hydrogen) atoms. The molecule has 1 N–H and O–H groups in total. The maximum atomic E-state index is 12.1. The molecule has 140 valence electrons. The number of carbonyl (C=O) groups excluding carboxylic acids is 1. The maximum Gasteiger partial charge on any atom is 0.407 e. The molecule has 0 rings (SSSR count). The second-order valence-electron chi connectivity index (χ2n) is 9.31. The first-order valence-corrected chi connectivity index (χ1v) is 11.6. The van der Waals surface area contributed by atoms with Crippen LogP contribution in [0.3, 0.4) is 0 Å². The Morgan fingerprint density at radius 2 is 1.67 bits per heavy atom. The van der Waals surface area contributed by atoms with Gasteiger partial charge in [-0.2, -0.15) is 5.26 Å². The quantitative estimate of drug-likeness (QED) is 0.691. The Labute approximate surface area is 149 Å². The molecule has 6 heteroatoms. The van der Waals surface area contributed by atoms with E-state index in [-0.39, 0.29) is 11.1 Å². The molecular formula is C18H36N2O3Si. The molecule has 0 saturated carbocycles. The Morgan fingerprint density at radius 1 is 1.17 bits per heavy atom. The number of carbonyl (C=O) groups is 1. The van der Waals surface area contributed by atoms with E-state index < -0.39 is 26.1 Å². The molecule has 0 fully saturated rings. The summed E-state index contributed by atoms with van der Waals surface area (Å²) in [5, 5.41) is 12.5. The maximum absolute atomic E-state index is 12.1. The van der Waals surface area contributed by atoms with Gasteiger partial charge in [-0.05, 0) is 51.2 Å². The van der Waals surface area contributed by atoms with Gasteiger partial charge in [-0.25, -0.2) is 4.79 Å². The second-order valence-corrected chi connectivity index (χ2v) is 14.1. The number of hydrogen-bond donors (Lipinski definition) is 1. The minimum Gasteiger partial charge on any atom is -0.444 e. The summed E-state index contributed by atoms with van der Waals surface area (Å²) in [4.78, 5) is 12.1. The van der Waals surface area contributed by atoms with Crippen molar-refractivity contribution in [2.75, 3.05) is 0 Å². The van der Waals surface area contributed by atoms with Crippen LogP contribution in [0.4, 0.5) is 4.79 Å². The first kappa shape index (κ1) is 22.9. The number of rotatable bonds is 6. The molecule has 1 unspecified atom stereocenters. The fraction of sp³-hybridized carbons (Fsp3) is 0.889. The summed E-state index contributed by atoms with van der Waals surface area (Å²) in [6.45, 7) is 20.2. The van der Waals surface area contributed by atoms with Crippen molar-refractivity contribution in [3.63, 3.8) is 0 Å². The van der Waals surface area contributed by atoms with E-state index in [0.29, 0.717) is 12.3 Å². The number of nitrogens with zero attached hydrogens (tertiary/aromatic N) is 1. The van der Waals surface area contributed by atoms with Gasteiger partial charge in [0.1, 0.15) is 5.60 Å². The zero-order valence-electron chi connectivity index (χ0n) is 17.1. The van der Waals surface area contributed by atoms with E-state index in [1.54, 1.807) is 0 Å². The number of nitrogens with one attached hydrogen (secondary N) is 1. The van der Waals surface area contributed by atoms with Gasteiger partial charge in [0.25, 0.3) is 0 Å². The topological polar surface area (TPSA) is 71.3 Å². The lowest BCUT2D eigenvalue weighted by Crippen LogP contribution is -2.52. The van der Waals surface area contributed by atoms with Crippen molar-refractivity contribution in [3.05, 3.63) is 0 Å². The third kappa shape index (κ3) is 8.16. The van der Waals surface area contributed by atoms with Crippen LogP contribution in [0.25, 0.3) is 0 Å². The van der Waals surface area contributed by atoms with E-state index >= 15 is 0 Å². The first-order chi connectivity index (χ1) is 10.6. The predicted octanol–water partition coefficient (Wildman–Crippen LogP) is 4.84. The zero-order valence-corrected chi connectivity index (χ0v) is 18.1. The van der Waals surface area contributed by atoms with Crippen LogP contribution in [-0.2, 0) is 9.16 Å². The molecule has 0 aliphatic rings. The van der Waals surface area contributed by atoms with Crippen LogP contribution in [0.2, 0.25) is 18.1 Å². The molecule has 0 aromatic heterocycles. The largest absolute Gasteiger partial charge is 0.444 e. The van der Waals surface area contributed by atoms with Gasteiger partial charge in [-0.1, -0.05) is 34.6 Å². The summed E-state index contributed by atoms with van der Waals surface area (Å²) < 4.78 is 11.6. The number of nitriles is 1. The van der Waals surface area contributed by atoms with E-state index in [2.05, 4.69) is 59.1 Å². The van der Waals surface area contributed by atoms with Crippen LogP contribution in [0.5, 0.6) is 0 Å². The normalized spacial score (nSPS) is 15.6. The van der Waals surface area contributed by atoms with Crippen LogP contribution in [-0.4, -0.2) is 32.2 Å². The van der Waals surface area contributed by atoms with Gasteiger partial charge < -0.3 is 14.5 Å². The summed E-state index contributed by atoms with van der Waals surface area (Å²) >= 11 is 0. The monoisotopic (exact) mass is 356 g/mol. The average Bonchev–Trinajstić information content (AvgIpc) is 2.30. The summed E-state index contributed by atoms with van der Waals surface area (Å²) in [7, 11) is -2.12. The lowest BCUT2D eigenvalue weighted by atomic mass is 10.00. The highest BCUT2D eigenvalue weighted by Gasteiger charge is 2.41. The number of hydrogen-bond acceptors (Lipinski definition) is 4. The predicted molar refractivity (Wildman–Crippen MR) is 100 cm³/mol. The minimum absolute atomic E-state index is 0.00357. The lowest BCUT2D eigenvalue weighted by Gasteiger charge is -2.39. The second kappa shape index (κ2) is 8.35. The summed E-state index contributed by atoms with van der Waals surface area (Å²) in [6, 6.07) is 1.86. The Morgan fingerprint density at radius 3 is 2.00 bits per heavy atom.